The number of nitrogens with one attached hydrogen (secondary N) is 2. The first-order chi connectivity index (χ1) is 8.41. The molecule has 1 aliphatic heterocycles. The quantitative estimate of drug-likeness (QED) is 0.850. The highest BCUT2D eigenvalue weighted by Gasteiger charge is 2.29. The molecule has 0 radical (unpaired) electrons. The third-order valence-electron chi connectivity index (χ3n) is 3.36. The predicted octanol–water partition coefficient (Wildman–Crippen LogP) is 0.813. The third-order valence-corrected chi connectivity index (χ3v) is 4.67. The molecular formula is C11H19N3O3S. The number of ether oxygens (including phenoxy) is 1. The minimum atomic E-state index is -3.49. The summed E-state index contributed by atoms with van der Waals surface area (Å²) in [7, 11) is -3.49. The van der Waals surface area contributed by atoms with Gasteiger partial charge in [0.15, 0.2) is 5.03 Å². The van der Waals surface area contributed by atoms with Crippen molar-refractivity contribution >= 4 is 10.0 Å². The van der Waals surface area contributed by atoms with Crippen molar-refractivity contribution < 1.29 is 13.2 Å². The molecule has 2 rings (SSSR count). The maximum absolute atomic E-state index is 12.0. The fraction of sp³-hybridized carbons (Fsp3) is 0.727. The van der Waals surface area contributed by atoms with Crippen LogP contribution in [0, 0.1) is 12.3 Å². The number of hydrogen-bond donors (Lipinski definition) is 2. The van der Waals surface area contributed by atoms with Crippen LogP contribution >= 0.6 is 0 Å². The van der Waals surface area contributed by atoms with Crippen LogP contribution in [-0.2, 0) is 14.8 Å². The van der Waals surface area contributed by atoms with E-state index in [1.807, 2.05) is 0 Å². The zero-order valence-corrected chi connectivity index (χ0v) is 11.5. The molecule has 1 aromatic rings. The van der Waals surface area contributed by atoms with Gasteiger partial charge in [0.2, 0.25) is 0 Å². The molecule has 102 valence electrons. The SMILES string of the molecule is Cc1ncc(S(=O)(=O)NCC2(C)CCOCC2)[nH]1. The van der Waals surface area contributed by atoms with E-state index >= 15 is 0 Å². The monoisotopic (exact) mass is 273 g/mol. The van der Waals surface area contributed by atoms with Crippen LogP contribution < -0.4 is 4.72 Å². The Bertz CT molecular complexity index is 503. The summed E-state index contributed by atoms with van der Waals surface area (Å²) in [5.41, 5.74) is -0.0274. The summed E-state index contributed by atoms with van der Waals surface area (Å²) in [6.07, 6.45) is 3.08. The molecule has 18 heavy (non-hydrogen) atoms. The Kier molecular flexibility index (Phi) is 3.74. The first-order valence-electron chi connectivity index (χ1n) is 6.00. The second kappa shape index (κ2) is 4.99. The average Bonchev–Trinajstić information content (AvgIpc) is 2.76. The van der Waals surface area contributed by atoms with Crippen LogP contribution in [0.5, 0.6) is 0 Å². The fourth-order valence-electron chi connectivity index (χ4n) is 1.92. The van der Waals surface area contributed by atoms with Crippen LogP contribution in [-0.4, -0.2) is 38.1 Å². The third kappa shape index (κ3) is 3.09. The standard InChI is InChI=1S/C11H19N3O3S/c1-9-12-7-10(14-9)18(15,16)13-8-11(2)3-5-17-6-4-11/h7,13H,3-6,8H2,1-2H3,(H,12,14). The molecule has 0 atom stereocenters. The van der Waals surface area contributed by atoms with Crippen LogP contribution in [0.2, 0.25) is 0 Å². The second-order valence-electron chi connectivity index (χ2n) is 5.08. The van der Waals surface area contributed by atoms with Crippen molar-refractivity contribution in [3.63, 3.8) is 0 Å². The first kappa shape index (κ1) is 13.5. The van der Waals surface area contributed by atoms with Gasteiger partial charge >= 0.3 is 0 Å². The van der Waals surface area contributed by atoms with Gasteiger partial charge in [0.1, 0.15) is 5.82 Å². The largest absolute Gasteiger partial charge is 0.381 e. The van der Waals surface area contributed by atoms with Crippen LogP contribution in [0.1, 0.15) is 25.6 Å². The maximum atomic E-state index is 12.0. The molecule has 6 nitrogen and oxygen atoms in total. The smallest absolute Gasteiger partial charge is 0.257 e. The highest BCUT2D eigenvalue weighted by atomic mass is 32.2. The molecule has 2 N–H and O–H groups in total. The molecule has 0 unspecified atom stereocenters. The highest BCUT2D eigenvalue weighted by Crippen LogP contribution is 2.29. The summed E-state index contributed by atoms with van der Waals surface area (Å²) >= 11 is 0. The van der Waals surface area contributed by atoms with E-state index in [2.05, 4.69) is 21.6 Å². The average molecular weight is 273 g/mol. The number of aromatic amines is 1. The van der Waals surface area contributed by atoms with Crippen molar-refractivity contribution in [3.05, 3.63) is 12.0 Å². The Labute approximate surface area is 107 Å². The molecule has 0 aromatic carbocycles. The van der Waals surface area contributed by atoms with Gasteiger partial charge in [-0.2, -0.15) is 0 Å². The van der Waals surface area contributed by atoms with Gasteiger partial charge in [-0.05, 0) is 25.2 Å². The summed E-state index contributed by atoms with van der Waals surface area (Å²) in [6.45, 7) is 5.62. The van der Waals surface area contributed by atoms with Crippen LogP contribution in [0.25, 0.3) is 0 Å². The lowest BCUT2D eigenvalue weighted by Crippen LogP contribution is -2.39. The Morgan fingerprint density at radius 2 is 2.17 bits per heavy atom. The Morgan fingerprint density at radius 3 is 2.72 bits per heavy atom. The van der Waals surface area contributed by atoms with E-state index in [0.29, 0.717) is 25.6 Å². The lowest BCUT2D eigenvalue weighted by atomic mass is 9.83. The Morgan fingerprint density at radius 1 is 1.50 bits per heavy atom. The van der Waals surface area contributed by atoms with Gasteiger partial charge in [-0.15, -0.1) is 0 Å². The molecule has 1 aliphatic rings. The van der Waals surface area contributed by atoms with Crippen molar-refractivity contribution in [3.8, 4) is 0 Å². The number of imidazole rings is 1. The topological polar surface area (TPSA) is 84.1 Å². The van der Waals surface area contributed by atoms with Crippen molar-refractivity contribution in [1.29, 1.82) is 0 Å². The summed E-state index contributed by atoms with van der Waals surface area (Å²) in [5, 5.41) is 0.121. The molecule has 2 heterocycles. The second-order valence-corrected chi connectivity index (χ2v) is 6.82. The minimum Gasteiger partial charge on any atom is -0.381 e. The minimum absolute atomic E-state index is 0.0274. The zero-order chi connectivity index (χ0) is 13.2. The number of aromatic nitrogens is 2. The van der Waals surface area contributed by atoms with Gasteiger partial charge in [-0.1, -0.05) is 6.92 Å². The van der Waals surface area contributed by atoms with E-state index in [1.165, 1.54) is 6.20 Å². The van der Waals surface area contributed by atoms with E-state index in [-0.39, 0.29) is 10.4 Å². The number of sulfonamides is 1. The number of rotatable bonds is 4. The van der Waals surface area contributed by atoms with E-state index < -0.39 is 10.0 Å². The van der Waals surface area contributed by atoms with Crippen LogP contribution in [0.3, 0.4) is 0 Å². The van der Waals surface area contributed by atoms with Gasteiger partial charge in [0.05, 0.1) is 6.20 Å². The molecule has 0 bridgehead atoms. The molecular weight excluding hydrogens is 254 g/mol. The highest BCUT2D eigenvalue weighted by molar-refractivity contribution is 7.89. The van der Waals surface area contributed by atoms with E-state index in [4.69, 9.17) is 4.74 Å². The number of nitrogens with zero attached hydrogens (tertiary/aromatic N) is 1. The van der Waals surface area contributed by atoms with E-state index in [0.717, 1.165) is 12.8 Å². The van der Waals surface area contributed by atoms with E-state index in [1.54, 1.807) is 6.92 Å². The maximum Gasteiger partial charge on any atom is 0.257 e. The molecule has 1 aromatic heterocycles. The molecule has 1 fully saturated rings. The molecule has 0 saturated carbocycles. The summed E-state index contributed by atoms with van der Waals surface area (Å²) in [5.74, 6) is 0.590. The normalized spacial score (nSPS) is 19.9. The Balaban J connectivity index is 2.01. The van der Waals surface area contributed by atoms with Crippen molar-refractivity contribution in [2.24, 2.45) is 5.41 Å². The summed E-state index contributed by atoms with van der Waals surface area (Å²) in [6, 6.07) is 0. The van der Waals surface area contributed by atoms with Gasteiger partial charge in [-0.3, -0.25) is 0 Å². The van der Waals surface area contributed by atoms with Gasteiger partial charge in [-0.25, -0.2) is 18.1 Å². The lowest BCUT2D eigenvalue weighted by Gasteiger charge is -2.33. The van der Waals surface area contributed by atoms with Gasteiger partial charge < -0.3 is 9.72 Å². The predicted molar refractivity (Wildman–Crippen MR) is 66.7 cm³/mol. The molecule has 7 heteroatoms. The van der Waals surface area contributed by atoms with Crippen LogP contribution in [0.15, 0.2) is 11.2 Å². The molecule has 0 aliphatic carbocycles. The van der Waals surface area contributed by atoms with Crippen molar-refractivity contribution in [2.45, 2.75) is 31.7 Å². The summed E-state index contributed by atoms with van der Waals surface area (Å²) < 4.78 is 32.0. The zero-order valence-electron chi connectivity index (χ0n) is 10.7. The van der Waals surface area contributed by atoms with E-state index in [9.17, 15) is 8.42 Å². The Hall–Kier alpha value is -0.920. The van der Waals surface area contributed by atoms with Gasteiger partial charge in [0, 0.05) is 19.8 Å². The van der Waals surface area contributed by atoms with Crippen molar-refractivity contribution in [2.75, 3.05) is 19.8 Å². The number of hydrogen-bond acceptors (Lipinski definition) is 4. The summed E-state index contributed by atoms with van der Waals surface area (Å²) in [4.78, 5) is 6.63. The molecule has 0 amide bonds. The lowest BCUT2D eigenvalue weighted by molar-refractivity contribution is 0.0264. The number of H-pyrrole nitrogens is 1. The number of aryl methyl sites for hydroxylation is 1. The fourth-order valence-corrected chi connectivity index (χ4v) is 3.09. The van der Waals surface area contributed by atoms with Crippen LogP contribution in [0.4, 0.5) is 0 Å². The first-order valence-corrected chi connectivity index (χ1v) is 7.49. The molecule has 1 saturated heterocycles. The van der Waals surface area contributed by atoms with Crippen molar-refractivity contribution in [1.82, 2.24) is 14.7 Å². The van der Waals surface area contributed by atoms with Gasteiger partial charge in [0.25, 0.3) is 10.0 Å². The molecule has 0 spiro atoms.